The van der Waals surface area contributed by atoms with Gasteiger partial charge in [-0.1, -0.05) is 0 Å². The van der Waals surface area contributed by atoms with Crippen LogP contribution in [0, 0.1) is 10.1 Å². The summed E-state index contributed by atoms with van der Waals surface area (Å²) in [5.74, 6) is 0.893. The maximum atomic E-state index is 11.2. The van der Waals surface area contributed by atoms with Crippen LogP contribution in [0.25, 0.3) is 0 Å². The number of anilines is 2. The van der Waals surface area contributed by atoms with Gasteiger partial charge < -0.3 is 10.2 Å². The number of nitrogens with zero attached hydrogens (tertiary/aromatic N) is 5. The van der Waals surface area contributed by atoms with Crippen LogP contribution in [0.3, 0.4) is 0 Å². The van der Waals surface area contributed by atoms with Crippen molar-refractivity contribution in [1.29, 1.82) is 0 Å². The lowest BCUT2D eigenvalue weighted by molar-refractivity contribution is -0.384. The molecule has 3 rings (SSSR count). The SMILES string of the molecule is CCNc1ncc([N+](=O)[O-])c(N2CCN3CCCC3C2)n1. The summed E-state index contributed by atoms with van der Waals surface area (Å²) < 4.78 is 0. The quantitative estimate of drug-likeness (QED) is 0.656. The number of aromatic nitrogens is 2. The molecule has 114 valence electrons. The molecule has 0 bridgehead atoms. The van der Waals surface area contributed by atoms with E-state index in [2.05, 4.69) is 20.2 Å². The Bertz CT molecular complexity index is 537. The number of hydrogen-bond donors (Lipinski definition) is 1. The van der Waals surface area contributed by atoms with Crippen molar-refractivity contribution >= 4 is 17.5 Å². The summed E-state index contributed by atoms with van der Waals surface area (Å²) in [7, 11) is 0. The second kappa shape index (κ2) is 5.80. The van der Waals surface area contributed by atoms with Crippen LogP contribution >= 0.6 is 0 Å². The standard InChI is InChI=1S/C13H20N6O2/c1-2-14-13-15-8-11(19(20)21)12(16-13)18-7-6-17-5-3-4-10(17)9-18/h8,10H,2-7,9H2,1H3,(H,14,15,16). The predicted molar refractivity (Wildman–Crippen MR) is 79.7 cm³/mol. The monoisotopic (exact) mass is 292 g/mol. The van der Waals surface area contributed by atoms with Crippen LogP contribution in [0.2, 0.25) is 0 Å². The highest BCUT2D eigenvalue weighted by atomic mass is 16.6. The van der Waals surface area contributed by atoms with E-state index in [9.17, 15) is 10.1 Å². The summed E-state index contributed by atoms with van der Waals surface area (Å²) in [5.41, 5.74) is -0.0110. The molecule has 8 heteroatoms. The zero-order chi connectivity index (χ0) is 14.8. The molecule has 0 aromatic carbocycles. The number of fused-ring (bicyclic) bond motifs is 1. The second-order valence-electron chi connectivity index (χ2n) is 5.47. The van der Waals surface area contributed by atoms with E-state index in [1.54, 1.807) is 0 Å². The number of hydrogen-bond acceptors (Lipinski definition) is 7. The Morgan fingerprint density at radius 3 is 3.10 bits per heavy atom. The van der Waals surface area contributed by atoms with Crippen molar-refractivity contribution in [2.45, 2.75) is 25.8 Å². The van der Waals surface area contributed by atoms with Crippen molar-refractivity contribution in [3.63, 3.8) is 0 Å². The van der Waals surface area contributed by atoms with Gasteiger partial charge in [-0.2, -0.15) is 4.98 Å². The average Bonchev–Trinajstić information content (AvgIpc) is 2.94. The first-order chi connectivity index (χ1) is 10.2. The highest BCUT2D eigenvalue weighted by molar-refractivity contribution is 5.59. The zero-order valence-electron chi connectivity index (χ0n) is 12.2. The Hall–Kier alpha value is -1.96. The Morgan fingerprint density at radius 1 is 1.48 bits per heavy atom. The molecule has 0 radical (unpaired) electrons. The molecule has 21 heavy (non-hydrogen) atoms. The molecular weight excluding hydrogens is 272 g/mol. The molecule has 3 heterocycles. The van der Waals surface area contributed by atoms with Crippen LogP contribution in [0.15, 0.2) is 6.20 Å². The molecule has 2 saturated heterocycles. The van der Waals surface area contributed by atoms with Crippen LogP contribution in [0.1, 0.15) is 19.8 Å². The maximum Gasteiger partial charge on any atom is 0.329 e. The van der Waals surface area contributed by atoms with Crippen LogP contribution < -0.4 is 10.2 Å². The van der Waals surface area contributed by atoms with Crippen molar-refractivity contribution < 1.29 is 4.92 Å². The normalized spacial score (nSPS) is 22.1. The first-order valence-electron chi connectivity index (χ1n) is 7.43. The van der Waals surface area contributed by atoms with Gasteiger partial charge in [-0.05, 0) is 26.3 Å². The third-order valence-corrected chi connectivity index (χ3v) is 4.17. The molecule has 0 amide bonds. The van der Waals surface area contributed by atoms with Crippen molar-refractivity contribution in [2.75, 3.05) is 42.9 Å². The molecule has 2 aliphatic heterocycles. The molecule has 0 spiro atoms. The molecular formula is C13H20N6O2. The second-order valence-corrected chi connectivity index (χ2v) is 5.47. The first-order valence-corrected chi connectivity index (χ1v) is 7.43. The Kier molecular flexibility index (Phi) is 3.87. The van der Waals surface area contributed by atoms with E-state index in [0.29, 0.717) is 24.4 Å². The van der Waals surface area contributed by atoms with Gasteiger partial charge in [0.2, 0.25) is 11.8 Å². The van der Waals surface area contributed by atoms with Crippen molar-refractivity contribution in [3.05, 3.63) is 16.3 Å². The Morgan fingerprint density at radius 2 is 2.33 bits per heavy atom. The van der Waals surface area contributed by atoms with E-state index in [1.165, 1.54) is 12.6 Å². The molecule has 1 atom stereocenters. The van der Waals surface area contributed by atoms with E-state index in [4.69, 9.17) is 0 Å². The summed E-state index contributed by atoms with van der Waals surface area (Å²) in [5, 5.41) is 14.2. The first kappa shape index (κ1) is 14.0. The summed E-state index contributed by atoms with van der Waals surface area (Å²) in [6.45, 7) is 6.31. The summed E-state index contributed by atoms with van der Waals surface area (Å²) in [4.78, 5) is 23.7. The summed E-state index contributed by atoms with van der Waals surface area (Å²) in [6.07, 6.45) is 3.68. The van der Waals surface area contributed by atoms with Gasteiger partial charge in [0.1, 0.15) is 6.20 Å². The number of piperazine rings is 1. The molecule has 1 unspecified atom stereocenters. The lowest BCUT2D eigenvalue weighted by Gasteiger charge is -2.37. The minimum atomic E-state index is -0.397. The summed E-state index contributed by atoms with van der Waals surface area (Å²) >= 11 is 0. The van der Waals surface area contributed by atoms with Crippen LogP contribution in [-0.4, -0.2) is 58.6 Å². The van der Waals surface area contributed by atoms with Gasteiger partial charge >= 0.3 is 5.69 Å². The van der Waals surface area contributed by atoms with Gasteiger partial charge in [0, 0.05) is 32.2 Å². The summed E-state index contributed by atoms with van der Waals surface area (Å²) in [6, 6.07) is 0.496. The van der Waals surface area contributed by atoms with Crippen LogP contribution in [0.5, 0.6) is 0 Å². The van der Waals surface area contributed by atoms with Gasteiger partial charge in [-0.15, -0.1) is 0 Å². The maximum absolute atomic E-state index is 11.2. The Labute approximate surface area is 123 Å². The van der Waals surface area contributed by atoms with Gasteiger partial charge in [-0.3, -0.25) is 15.0 Å². The fourth-order valence-electron chi connectivity index (χ4n) is 3.15. The smallest absolute Gasteiger partial charge is 0.329 e. The Balaban J connectivity index is 1.88. The molecule has 1 aromatic rings. The highest BCUT2D eigenvalue weighted by Crippen LogP contribution is 2.30. The third-order valence-electron chi connectivity index (χ3n) is 4.17. The van der Waals surface area contributed by atoms with E-state index >= 15 is 0 Å². The van der Waals surface area contributed by atoms with Gasteiger partial charge in [-0.25, -0.2) is 4.98 Å². The fourth-order valence-corrected chi connectivity index (χ4v) is 3.15. The van der Waals surface area contributed by atoms with Gasteiger partial charge in [0.25, 0.3) is 0 Å². The van der Waals surface area contributed by atoms with E-state index in [0.717, 1.165) is 32.6 Å². The minimum Gasteiger partial charge on any atom is -0.354 e. The van der Waals surface area contributed by atoms with E-state index in [1.807, 2.05) is 11.8 Å². The number of rotatable bonds is 4. The van der Waals surface area contributed by atoms with Crippen molar-refractivity contribution in [1.82, 2.24) is 14.9 Å². The highest BCUT2D eigenvalue weighted by Gasteiger charge is 2.33. The molecule has 0 saturated carbocycles. The molecule has 8 nitrogen and oxygen atoms in total. The van der Waals surface area contributed by atoms with E-state index in [-0.39, 0.29) is 5.69 Å². The molecule has 0 aliphatic carbocycles. The largest absolute Gasteiger partial charge is 0.354 e. The van der Waals surface area contributed by atoms with Gasteiger partial charge in [0.05, 0.1) is 4.92 Å². The predicted octanol–water partition coefficient (Wildman–Crippen LogP) is 1.10. The zero-order valence-corrected chi connectivity index (χ0v) is 12.2. The fraction of sp³-hybridized carbons (Fsp3) is 0.692. The number of nitrogens with one attached hydrogen (secondary N) is 1. The topological polar surface area (TPSA) is 87.4 Å². The lowest BCUT2D eigenvalue weighted by Crippen LogP contribution is -2.50. The molecule has 1 aromatic heterocycles. The molecule has 1 N–H and O–H groups in total. The molecule has 2 aliphatic rings. The van der Waals surface area contributed by atoms with E-state index < -0.39 is 4.92 Å². The molecule has 2 fully saturated rings. The van der Waals surface area contributed by atoms with Crippen LogP contribution in [-0.2, 0) is 0 Å². The number of nitro groups is 1. The van der Waals surface area contributed by atoms with Crippen molar-refractivity contribution in [2.24, 2.45) is 0 Å². The van der Waals surface area contributed by atoms with Crippen molar-refractivity contribution in [3.8, 4) is 0 Å². The van der Waals surface area contributed by atoms with Gasteiger partial charge in [0.15, 0.2) is 0 Å². The average molecular weight is 292 g/mol. The van der Waals surface area contributed by atoms with Crippen LogP contribution in [0.4, 0.5) is 17.5 Å². The lowest BCUT2D eigenvalue weighted by atomic mass is 10.1. The third kappa shape index (κ3) is 2.76. The minimum absolute atomic E-state index is 0.0110.